The molecular weight excluding hydrogens is 1120 g/mol. The Kier molecular flexibility index (Phi) is 16.5. The largest absolute Gasteiger partial charge is 0.495 e. The molecule has 10 aromatic rings. The Morgan fingerprint density at radius 3 is 1.44 bits per heavy atom. The molecule has 0 saturated carbocycles. The lowest BCUT2D eigenvalue weighted by molar-refractivity contribution is 0.00578. The van der Waals surface area contributed by atoms with Gasteiger partial charge in [0.25, 0.3) is 0 Å². The van der Waals surface area contributed by atoms with Crippen molar-refractivity contribution in [3.8, 4) is 33.4 Å². The van der Waals surface area contributed by atoms with Gasteiger partial charge in [0, 0.05) is 77.0 Å². The molecule has 14 nitrogen and oxygen atoms in total. The number of hydrogen-bond acceptors (Lipinski definition) is 12. The quantitative estimate of drug-likeness (QED) is 0.106. The smallest absolute Gasteiger partial charge is 0.465 e. The lowest BCUT2D eigenvalue weighted by Gasteiger charge is -2.41. The van der Waals surface area contributed by atoms with Crippen LogP contribution in [0.4, 0.5) is 11.4 Å². The van der Waals surface area contributed by atoms with Crippen molar-refractivity contribution in [1.82, 2.24) is 29.2 Å². The molecule has 3 fully saturated rings. The molecule has 0 N–H and O–H groups in total. The van der Waals surface area contributed by atoms with Crippen molar-refractivity contribution in [2.45, 2.75) is 129 Å². The monoisotopic (exact) mass is 1190 g/mol. The Morgan fingerprint density at radius 1 is 0.512 bits per heavy atom. The number of carbonyl (C=O) groups excluding carboxylic acids is 2. The van der Waals surface area contributed by atoms with Crippen LogP contribution < -0.4 is 15.3 Å². The second-order valence-electron chi connectivity index (χ2n) is 23.5. The van der Waals surface area contributed by atoms with Gasteiger partial charge in [0.15, 0.2) is 11.3 Å². The Morgan fingerprint density at radius 2 is 0.940 bits per heavy atom. The molecule has 0 amide bonds. The molecule has 4 atom stereocenters. The average molecular weight is 1190 g/mol. The highest BCUT2D eigenvalue weighted by Crippen LogP contribution is 2.39. The normalized spacial score (nSPS) is 19.2. The summed E-state index contributed by atoms with van der Waals surface area (Å²) >= 11 is 3.46. The molecule has 6 aromatic carbocycles. The van der Waals surface area contributed by atoms with Crippen molar-refractivity contribution in [2.24, 2.45) is 0 Å². The summed E-state index contributed by atoms with van der Waals surface area (Å²) in [6, 6.07) is 43.0. The van der Waals surface area contributed by atoms with Crippen molar-refractivity contribution >= 4 is 84.7 Å². The molecule has 16 heteroatoms. The highest BCUT2D eigenvalue weighted by Gasteiger charge is 2.52. The molecule has 7 heterocycles. The van der Waals surface area contributed by atoms with E-state index in [2.05, 4.69) is 117 Å². The van der Waals surface area contributed by atoms with Gasteiger partial charge >= 0.3 is 19.1 Å². The number of benzene rings is 6. The Labute approximate surface area is 500 Å². The van der Waals surface area contributed by atoms with Crippen LogP contribution in [0.25, 0.3) is 66.2 Å². The van der Waals surface area contributed by atoms with Crippen LogP contribution in [0.15, 0.2) is 163 Å². The third-order valence-corrected chi connectivity index (χ3v) is 18.1. The van der Waals surface area contributed by atoms with Gasteiger partial charge in [-0.25, -0.2) is 28.6 Å². The zero-order valence-electron chi connectivity index (χ0n) is 49.5. The number of rotatable bonds is 8. The number of methoxy groups -OCH3 is 2. The van der Waals surface area contributed by atoms with Crippen molar-refractivity contribution in [3.63, 3.8) is 0 Å². The highest BCUT2D eigenvalue weighted by molar-refractivity contribution is 9.10. The van der Waals surface area contributed by atoms with Gasteiger partial charge in [0.2, 0.25) is 0 Å². The lowest BCUT2D eigenvalue weighted by atomic mass is 9.75. The molecule has 3 saturated heterocycles. The fraction of sp³-hybridized carbons (Fsp3) is 0.324. The molecule has 4 aromatic heterocycles. The number of hydrogen-bond donors (Lipinski definition) is 0. The van der Waals surface area contributed by atoms with Crippen LogP contribution >= 0.6 is 15.9 Å². The van der Waals surface area contributed by atoms with Crippen LogP contribution in [0.5, 0.6) is 0 Å². The van der Waals surface area contributed by atoms with E-state index in [9.17, 15) is 9.59 Å². The Hall–Kier alpha value is -7.92. The molecule has 0 aliphatic carbocycles. The van der Waals surface area contributed by atoms with Crippen LogP contribution in [-0.2, 0) is 18.8 Å². The third kappa shape index (κ3) is 11.3. The SMILES string of the molecule is COC(=O)c1ccc(-c2cnn3cc(-c4ccc(N5[C@H](C)CCC[C@@H]5C)cc4)cnc23)c2ccccc12.COC(=O)c1ccc(B2OC(C)(C)C(C)(C)O2)c2ccccc12.C[C@@H]1CCC[C@H](C)N1c1ccc(-c2cnc3c(Br)cnn3c2)cc1. The summed E-state index contributed by atoms with van der Waals surface area (Å²) in [5.41, 5.74) is 11.7. The van der Waals surface area contributed by atoms with Gasteiger partial charge in [-0.15, -0.1) is 0 Å². The minimum absolute atomic E-state index is 0.346. The molecule has 0 spiro atoms. The summed E-state index contributed by atoms with van der Waals surface area (Å²) < 4.78 is 26.7. The molecule has 0 bridgehead atoms. The first kappa shape index (κ1) is 57.9. The van der Waals surface area contributed by atoms with E-state index in [0.717, 1.165) is 76.2 Å². The standard InChI is InChI=1S/C31H30N4O2.C19H21BrN4.C18H21BO4/c1-20-7-6-8-21(2)35(20)24-13-11-22(12-14-24)23-17-32-30-29(18-33-34(30)19-23)27-15-16-28(31(36)37-3)26-10-5-4-9-25(26)27;1-13-4-3-5-14(2)24(13)17-8-6-15(7-9-17)16-10-21-19-18(20)11-22-23(19)12-16;1-17(2)18(3,4)23-19(22-17)15-11-10-14(16(20)21-5)12-8-6-7-9-13(12)15/h4-5,9-21H,6-8H2,1-3H3;6-14H,3-5H2,1-2H3;6-11H,1-5H3/t20-,21+;13-,14+;. The van der Waals surface area contributed by atoms with E-state index in [1.807, 2.05) is 134 Å². The topological polar surface area (TPSA) is 138 Å². The minimum atomic E-state index is -0.461. The minimum Gasteiger partial charge on any atom is -0.465 e. The Balaban J connectivity index is 0.000000137. The van der Waals surface area contributed by atoms with E-state index in [1.54, 1.807) is 12.3 Å². The van der Waals surface area contributed by atoms with Crippen LogP contribution in [0.3, 0.4) is 0 Å². The summed E-state index contributed by atoms with van der Waals surface area (Å²) in [4.78, 5) is 38.7. The summed E-state index contributed by atoms with van der Waals surface area (Å²) in [5.74, 6) is -0.692. The number of nitrogens with zero attached hydrogens (tertiary/aromatic N) is 8. The molecule has 84 heavy (non-hydrogen) atoms. The van der Waals surface area contributed by atoms with Crippen LogP contribution in [-0.4, -0.2) is 97.8 Å². The first-order valence-corrected chi connectivity index (χ1v) is 29.9. The second kappa shape index (κ2) is 24.0. The molecule has 0 radical (unpaired) electrons. The van der Waals surface area contributed by atoms with Gasteiger partial charge < -0.3 is 28.6 Å². The molecular formula is C68H72BBrN8O6. The first-order valence-electron chi connectivity index (χ1n) is 29.1. The van der Waals surface area contributed by atoms with Crippen molar-refractivity contribution in [1.29, 1.82) is 0 Å². The molecule has 3 aliphatic heterocycles. The Bertz CT molecular complexity index is 4000. The first-order chi connectivity index (χ1) is 40.4. The fourth-order valence-corrected chi connectivity index (χ4v) is 12.7. The second-order valence-corrected chi connectivity index (χ2v) is 24.3. The van der Waals surface area contributed by atoms with Gasteiger partial charge in [-0.1, -0.05) is 84.9 Å². The van der Waals surface area contributed by atoms with Crippen LogP contribution in [0, 0.1) is 0 Å². The summed E-state index contributed by atoms with van der Waals surface area (Å²) in [6.45, 7) is 17.4. The van der Waals surface area contributed by atoms with Crippen LogP contribution in [0.2, 0.25) is 0 Å². The number of piperidine rings is 2. The average Bonchev–Trinajstić information content (AvgIpc) is 3.63. The van der Waals surface area contributed by atoms with Gasteiger partial charge in [0.05, 0.1) is 53.4 Å². The predicted molar refractivity (Wildman–Crippen MR) is 340 cm³/mol. The van der Waals surface area contributed by atoms with Gasteiger partial charge in [-0.3, -0.25) is 0 Å². The van der Waals surface area contributed by atoms with Crippen molar-refractivity contribution in [2.75, 3.05) is 24.0 Å². The van der Waals surface area contributed by atoms with E-state index < -0.39 is 18.3 Å². The van der Waals surface area contributed by atoms with Gasteiger partial charge in [-0.2, -0.15) is 10.2 Å². The predicted octanol–water partition coefficient (Wildman–Crippen LogP) is 14.6. The number of ether oxygens (including phenoxy) is 2. The van der Waals surface area contributed by atoms with E-state index in [1.165, 1.54) is 64.1 Å². The maximum atomic E-state index is 12.3. The molecule has 13 rings (SSSR count). The van der Waals surface area contributed by atoms with Crippen molar-refractivity contribution < 1.29 is 28.4 Å². The summed E-state index contributed by atoms with van der Waals surface area (Å²) in [5, 5.41) is 12.5. The number of carbonyl (C=O) groups is 2. The lowest BCUT2D eigenvalue weighted by Crippen LogP contribution is -2.43. The number of fused-ring (bicyclic) bond motifs is 4. The van der Waals surface area contributed by atoms with Gasteiger partial charge in [0.1, 0.15) is 0 Å². The molecule has 3 aliphatic rings. The van der Waals surface area contributed by atoms with E-state index in [-0.39, 0.29) is 11.9 Å². The third-order valence-electron chi connectivity index (χ3n) is 17.5. The van der Waals surface area contributed by atoms with E-state index in [0.29, 0.717) is 35.3 Å². The number of esters is 2. The van der Waals surface area contributed by atoms with E-state index in [4.69, 9.17) is 23.8 Å². The van der Waals surface area contributed by atoms with Gasteiger partial charge in [-0.05, 0) is 190 Å². The fourth-order valence-electron chi connectivity index (χ4n) is 12.3. The zero-order valence-corrected chi connectivity index (χ0v) is 51.1. The summed E-state index contributed by atoms with van der Waals surface area (Å²) in [7, 11) is 2.33. The number of aromatic nitrogens is 6. The maximum Gasteiger partial charge on any atom is 0.495 e. The molecule has 430 valence electrons. The maximum absolute atomic E-state index is 12.3. The van der Waals surface area contributed by atoms with E-state index >= 15 is 0 Å². The zero-order chi connectivity index (χ0) is 59.0. The van der Waals surface area contributed by atoms with Crippen LogP contribution in [0.1, 0.15) is 115 Å². The van der Waals surface area contributed by atoms with Crippen molar-refractivity contribution in [3.05, 3.63) is 174 Å². The number of anilines is 2. The summed E-state index contributed by atoms with van der Waals surface area (Å²) in [6.07, 6.45) is 19.2. The number of halogens is 1. The highest BCUT2D eigenvalue weighted by atomic mass is 79.9. The molecule has 0 unspecified atom stereocenters.